The number of carbonyl (C=O) groups is 1. The van der Waals surface area contributed by atoms with E-state index in [-0.39, 0.29) is 0 Å². The van der Waals surface area contributed by atoms with E-state index < -0.39 is 5.91 Å². The van der Waals surface area contributed by atoms with Crippen LogP contribution in [0.4, 0.5) is 5.69 Å². The Labute approximate surface area is 123 Å². The van der Waals surface area contributed by atoms with Crippen LogP contribution in [0, 0.1) is 0 Å². The molecule has 5 heteroatoms. The van der Waals surface area contributed by atoms with E-state index in [9.17, 15) is 4.79 Å². The molecule has 0 radical (unpaired) electrons. The van der Waals surface area contributed by atoms with Gasteiger partial charge in [-0.15, -0.1) is 0 Å². The number of para-hydroxylation sites is 1. The molecule has 1 amide bonds. The Balaban J connectivity index is 1.90. The average Bonchev–Trinajstić information content (AvgIpc) is 2.53. The second-order valence-corrected chi connectivity index (χ2v) is 5.46. The summed E-state index contributed by atoms with van der Waals surface area (Å²) in [6.07, 6.45) is 5.20. The summed E-state index contributed by atoms with van der Waals surface area (Å²) in [6.45, 7) is 1.85. The second-order valence-electron chi connectivity index (χ2n) is 5.46. The summed E-state index contributed by atoms with van der Waals surface area (Å²) < 4.78 is 0. The van der Waals surface area contributed by atoms with Gasteiger partial charge in [-0.05, 0) is 25.5 Å². The lowest BCUT2D eigenvalue weighted by atomic mass is 10.0. The fourth-order valence-corrected chi connectivity index (χ4v) is 2.84. The zero-order valence-corrected chi connectivity index (χ0v) is 11.9. The lowest BCUT2D eigenvalue weighted by molar-refractivity contribution is 0.100. The molecule has 1 aromatic heterocycles. The van der Waals surface area contributed by atoms with Crippen LogP contribution in [-0.4, -0.2) is 30.0 Å². The molecule has 1 atom stereocenters. The smallest absolute Gasteiger partial charge is 0.252 e. The van der Waals surface area contributed by atoms with Crippen LogP contribution in [0.1, 0.15) is 29.6 Å². The van der Waals surface area contributed by atoms with Gasteiger partial charge in [0.25, 0.3) is 5.91 Å². The number of piperidine rings is 1. The van der Waals surface area contributed by atoms with E-state index in [1.54, 1.807) is 6.20 Å². The maximum atomic E-state index is 11.6. The summed E-state index contributed by atoms with van der Waals surface area (Å²) in [7, 11) is 0. The summed E-state index contributed by atoms with van der Waals surface area (Å²) >= 11 is 0. The van der Waals surface area contributed by atoms with E-state index in [4.69, 9.17) is 5.73 Å². The van der Waals surface area contributed by atoms with Crippen molar-refractivity contribution < 1.29 is 4.79 Å². The normalized spacial score (nSPS) is 18.6. The molecule has 1 unspecified atom stereocenters. The third kappa shape index (κ3) is 2.97. The molecule has 0 spiro atoms. The number of benzene rings is 1. The first-order valence-electron chi connectivity index (χ1n) is 7.40. The van der Waals surface area contributed by atoms with E-state index >= 15 is 0 Å². The van der Waals surface area contributed by atoms with Crippen molar-refractivity contribution in [2.75, 3.05) is 18.4 Å². The number of nitrogens with one attached hydrogen (secondary N) is 2. The molecule has 2 aromatic rings. The van der Waals surface area contributed by atoms with Crippen LogP contribution < -0.4 is 16.4 Å². The maximum absolute atomic E-state index is 11.6. The minimum absolute atomic E-state index is 0.436. The van der Waals surface area contributed by atoms with Crippen LogP contribution in [-0.2, 0) is 0 Å². The van der Waals surface area contributed by atoms with Crippen molar-refractivity contribution in [2.45, 2.75) is 25.3 Å². The summed E-state index contributed by atoms with van der Waals surface area (Å²) in [5.74, 6) is -0.452. The van der Waals surface area contributed by atoms with Gasteiger partial charge >= 0.3 is 0 Å². The molecule has 3 rings (SSSR count). The number of nitrogens with two attached hydrogens (primary N) is 1. The quantitative estimate of drug-likeness (QED) is 0.801. The maximum Gasteiger partial charge on any atom is 0.252 e. The molecule has 1 fully saturated rings. The van der Waals surface area contributed by atoms with Gasteiger partial charge in [0, 0.05) is 24.2 Å². The van der Waals surface area contributed by atoms with E-state index in [2.05, 4.69) is 15.6 Å². The van der Waals surface area contributed by atoms with E-state index in [0.717, 1.165) is 36.1 Å². The molecule has 1 aliphatic heterocycles. The molecule has 4 N–H and O–H groups in total. The van der Waals surface area contributed by atoms with Gasteiger partial charge in [-0.2, -0.15) is 0 Å². The molecule has 2 heterocycles. The van der Waals surface area contributed by atoms with Gasteiger partial charge in [0.1, 0.15) is 0 Å². The van der Waals surface area contributed by atoms with E-state index in [1.165, 1.54) is 12.8 Å². The first-order valence-corrected chi connectivity index (χ1v) is 7.40. The number of hydrogen-bond donors (Lipinski definition) is 3. The highest BCUT2D eigenvalue weighted by Crippen LogP contribution is 2.25. The van der Waals surface area contributed by atoms with Gasteiger partial charge < -0.3 is 16.4 Å². The molecule has 1 aromatic carbocycles. The number of aromatic nitrogens is 1. The van der Waals surface area contributed by atoms with Gasteiger partial charge in [-0.1, -0.05) is 24.6 Å². The number of anilines is 1. The number of amides is 1. The van der Waals surface area contributed by atoms with Crippen molar-refractivity contribution in [3.8, 4) is 0 Å². The number of rotatable bonds is 4. The SMILES string of the molecule is NC(=O)c1cnc2ccccc2c1NCC1CCCCN1. The molecule has 21 heavy (non-hydrogen) atoms. The molecule has 1 aliphatic rings. The van der Waals surface area contributed by atoms with E-state index in [1.807, 2.05) is 24.3 Å². The number of carbonyl (C=O) groups excluding carboxylic acids is 1. The molecule has 0 saturated carbocycles. The van der Waals surface area contributed by atoms with Gasteiger partial charge in [0.05, 0.1) is 16.8 Å². The summed E-state index contributed by atoms with van der Waals surface area (Å²) in [6, 6.07) is 8.21. The molecule has 110 valence electrons. The number of fused-ring (bicyclic) bond motifs is 1. The largest absolute Gasteiger partial charge is 0.382 e. The Morgan fingerprint density at radius 2 is 2.24 bits per heavy atom. The highest BCUT2D eigenvalue weighted by Gasteiger charge is 2.16. The first kappa shape index (κ1) is 13.8. The van der Waals surface area contributed by atoms with Crippen LogP contribution in [0.2, 0.25) is 0 Å². The van der Waals surface area contributed by atoms with Crippen LogP contribution in [0.5, 0.6) is 0 Å². The van der Waals surface area contributed by atoms with Crippen molar-refractivity contribution in [3.05, 3.63) is 36.0 Å². The molecular formula is C16H20N4O. The zero-order valence-electron chi connectivity index (χ0n) is 11.9. The Morgan fingerprint density at radius 3 is 3.00 bits per heavy atom. The predicted octanol–water partition coefficient (Wildman–Crippen LogP) is 1.89. The highest BCUT2D eigenvalue weighted by atomic mass is 16.1. The predicted molar refractivity (Wildman–Crippen MR) is 84.4 cm³/mol. The third-order valence-corrected chi connectivity index (χ3v) is 3.98. The van der Waals surface area contributed by atoms with Gasteiger partial charge in [-0.3, -0.25) is 9.78 Å². The second kappa shape index (κ2) is 6.10. The lowest BCUT2D eigenvalue weighted by Crippen LogP contribution is -2.39. The van der Waals surface area contributed by atoms with Gasteiger partial charge in [0.2, 0.25) is 0 Å². The summed E-state index contributed by atoms with van der Waals surface area (Å²) in [5.41, 5.74) is 7.58. The Hall–Kier alpha value is -2.14. The number of hydrogen-bond acceptors (Lipinski definition) is 4. The van der Waals surface area contributed by atoms with Crippen molar-refractivity contribution in [1.29, 1.82) is 0 Å². The van der Waals surface area contributed by atoms with Gasteiger partial charge in [-0.25, -0.2) is 0 Å². The molecule has 5 nitrogen and oxygen atoms in total. The molecule has 0 aliphatic carbocycles. The average molecular weight is 284 g/mol. The zero-order chi connectivity index (χ0) is 14.7. The number of primary amides is 1. The van der Waals surface area contributed by atoms with Crippen LogP contribution in [0.15, 0.2) is 30.5 Å². The number of nitrogens with zero attached hydrogens (tertiary/aromatic N) is 1. The fourth-order valence-electron chi connectivity index (χ4n) is 2.84. The van der Waals surface area contributed by atoms with Crippen molar-refractivity contribution in [2.24, 2.45) is 5.73 Å². The Kier molecular flexibility index (Phi) is 4.01. The number of pyridine rings is 1. The first-order chi connectivity index (χ1) is 10.3. The van der Waals surface area contributed by atoms with Crippen LogP contribution in [0.25, 0.3) is 10.9 Å². The van der Waals surface area contributed by atoms with Crippen molar-refractivity contribution in [3.63, 3.8) is 0 Å². The van der Waals surface area contributed by atoms with E-state index in [0.29, 0.717) is 11.6 Å². The highest BCUT2D eigenvalue weighted by molar-refractivity contribution is 6.06. The standard InChI is InChI=1S/C16H20N4O/c17-16(21)13-10-19-14-7-2-1-6-12(14)15(13)20-9-11-5-3-4-8-18-11/h1-2,6-7,10-11,18H,3-5,8-9H2,(H2,17,21)(H,19,20). The third-order valence-electron chi connectivity index (χ3n) is 3.98. The molecule has 0 bridgehead atoms. The monoisotopic (exact) mass is 284 g/mol. The van der Waals surface area contributed by atoms with Crippen LogP contribution >= 0.6 is 0 Å². The Bertz CT molecular complexity index is 650. The lowest BCUT2D eigenvalue weighted by Gasteiger charge is -2.24. The van der Waals surface area contributed by atoms with Crippen LogP contribution in [0.3, 0.4) is 0 Å². The minimum Gasteiger partial charge on any atom is -0.382 e. The van der Waals surface area contributed by atoms with Crippen molar-refractivity contribution >= 4 is 22.5 Å². The van der Waals surface area contributed by atoms with Crippen molar-refractivity contribution in [1.82, 2.24) is 10.3 Å². The Morgan fingerprint density at radius 1 is 1.38 bits per heavy atom. The summed E-state index contributed by atoms with van der Waals surface area (Å²) in [4.78, 5) is 15.9. The fraction of sp³-hybridized carbons (Fsp3) is 0.375. The molecular weight excluding hydrogens is 264 g/mol. The van der Waals surface area contributed by atoms with Gasteiger partial charge in [0.15, 0.2) is 0 Å². The summed E-state index contributed by atoms with van der Waals surface area (Å²) in [5, 5.41) is 7.83. The molecule has 1 saturated heterocycles. The topological polar surface area (TPSA) is 80.0 Å². The minimum atomic E-state index is -0.452.